The molecule has 9 heteroatoms. The molecule has 8 nitrogen and oxygen atoms in total. The Morgan fingerprint density at radius 2 is 2.20 bits per heavy atom. The topological polar surface area (TPSA) is 96.5 Å². The van der Waals surface area contributed by atoms with Gasteiger partial charge in [-0.15, -0.1) is 11.3 Å². The van der Waals surface area contributed by atoms with Gasteiger partial charge in [0.15, 0.2) is 11.5 Å². The molecule has 154 valence electrons. The first kappa shape index (κ1) is 18.7. The number of amides is 2. The van der Waals surface area contributed by atoms with Crippen LogP contribution < -0.4 is 19.7 Å². The van der Waals surface area contributed by atoms with Crippen molar-refractivity contribution >= 4 is 28.8 Å². The standard InChI is InChI=1S/C21H20N4O4S/c26-19-8-13(10-25(19)14-3-4-16-17(9-14)29-12-28-16)21(27)22-6-5-15-20(24-11-23-15)18-2-1-7-30-18/h1-4,7,9,11,13H,5-6,8,10,12H2,(H,22,27)(H,23,24). The maximum absolute atomic E-state index is 12.6. The molecule has 0 bridgehead atoms. The molecular formula is C21H20N4O4S. The number of aromatic nitrogens is 2. The van der Waals surface area contributed by atoms with Crippen molar-refractivity contribution in [3.63, 3.8) is 0 Å². The molecule has 0 aliphatic carbocycles. The van der Waals surface area contributed by atoms with Crippen molar-refractivity contribution in [1.29, 1.82) is 0 Å². The van der Waals surface area contributed by atoms with Crippen LogP contribution in [0.1, 0.15) is 12.1 Å². The van der Waals surface area contributed by atoms with Crippen LogP contribution in [0.2, 0.25) is 0 Å². The SMILES string of the molecule is O=C(NCCc1[nH]cnc1-c1cccs1)C1CC(=O)N(c2ccc3c(c2)OCO3)C1. The summed E-state index contributed by atoms with van der Waals surface area (Å²) in [5, 5.41) is 4.98. The quantitative estimate of drug-likeness (QED) is 0.634. The summed E-state index contributed by atoms with van der Waals surface area (Å²) < 4.78 is 10.7. The Labute approximate surface area is 176 Å². The first-order chi connectivity index (χ1) is 14.7. The molecule has 1 atom stereocenters. The van der Waals surface area contributed by atoms with Gasteiger partial charge in [0.2, 0.25) is 18.6 Å². The van der Waals surface area contributed by atoms with Gasteiger partial charge in [0.25, 0.3) is 0 Å². The van der Waals surface area contributed by atoms with Gasteiger partial charge in [-0.1, -0.05) is 6.07 Å². The minimum absolute atomic E-state index is 0.0671. The zero-order valence-corrected chi connectivity index (χ0v) is 16.9. The van der Waals surface area contributed by atoms with Gasteiger partial charge in [0.05, 0.1) is 17.1 Å². The zero-order valence-electron chi connectivity index (χ0n) is 16.1. The number of benzene rings is 1. The maximum Gasteiger partial charge on any atom is 0.231 e. The fourth-order valence-corrected chi connectivity index (χ4v) is 4.53. The van der Waals surface area contributed by atoms with E-state index in [4.69, 9.17) is 9.47 Å². The summed E-state index contributed by atoms with van der Waals surface area (Å²) >= 11 is 1.63. The van der Waals surface area contributed by atoms with Crippen molar-refractivity contribution in [1.82, 2.24) is 15.3 Å². The second kappa shape index (κ2) is 7.83. The van der Waals surface area contributed by atoms with Gasteiger partial charge in [-0.3, -0.25) is 9.59 Å². The average molecular weight is 424 g/mol. The number of anilines is 1. The van der Waals surface area contributed by atoms with Crippen molar-refractivity contribution in [3.8, 4) is 22.1 Å². The molecule has 2 aliphatic heterocycles. The highest BCUT2D eigenvalue weighted by atomic mass is 32.1. The van der Waals surface area contributed by atoms with Crippen molar-refractivity contribution in [2.45, 2.75) is 12.8 Å². The number of rotatable bonds is 6. The van der Waals surface area contributed by atoms with E-state index in [1.165, 1.54) is 0 Å². The molecule has 30 heavy (non-hydrogen) atoms. The number of thiophene rings is 1. The lowest BCUT2D eigenvalue weighted by atomic mass is 10.1. The molecule has 4 heterocycles. The number of aromatic amines is 1. The fraction of sp³-hybridized carbons (Fsp3) is 0.286. The molecule has 2 aliphatic rings. The average Bonchev–Trinajstić information content (AvgIpc) is 3.53. The number of nitrogens with one attached hydrogen (secondary N) is 2. The highest BCUT2D eigenvalue weighted by Crippen LogP contribution is 2.37. The third-order valence-corrected chi connectivity index (χ3v) is 6.19. The van der Waals surface area contributed by atoms with Crippen LogP contribution in [0.15, 0.2) is 42.0 Å². The van der Waals surface area contributed by atoms with E-state index in [0.29, 0.717) is 31.0 Å². The third kappa shape index (κ3) is 3.52. The van der Waals surface area contributed by atoms with Gasteiger partial charge in [0, 0.05) is 43.4 Å². The van der Waals surface area contributed by atoms with Crippen molar-refractivity contribution in [2.24, 2.45) is 5.92 Å². The van der Waals surface area contributed by atoms with Crippen LogP contribution >= 0.6 is 11.3 Å². The Morgan fingerprint density at radius 3 is 3.07 bits per heavy atom. The number of ether oxygens (including phenoxy) is 2. The van der Waals surface area contributed by atoms with Crippen LogP contribution in [-0.4, -0.2) is 41.7 Å². The lowest BCUT2D eigenvalue weighted by Crippen LogP contribution is -2.34. The summed E-state index contributed by atoms with van der Waals surface area (Å²) in [5.74, 6) is 0.738. The molecule has 5 rings (SSSR count). The number of imidazole rings is 1. The van der Waals surface area contributed by atoms with Gasteiger partial charge in [-0.25, -0.2) is 4.98 Å². The van der Waals surface area contributed by atoms with Crippen LogP contribution in [0.3, 0.4) is 0 Å². The van der Waals surface area contributed by atoms with E-state index in [-0.39, 0.29) is 30.9 Å². The summed E-state index contributed by atoms with van der Waals surface area (Å²) in [5.41, 5.74) is 2.63. The van der Waals surface area contributed by atoms with E-state index in [9.17, 15) is 9.59 Å². The predicted octanol–water partition coefficient (Wildman–Crippen LogP) is 2.58. The van der Waals surface area contributed by atoms with Crippen LogP contribution in [0.4, 0.5) is 5.69 Å². The Balaban J connectivity index is 1.18. The highest BCUT2D eigenvalue weighted by Gasteiger charge is 2.35. The number of nitrogens with zero attached hydrogens (tertiary/aromatic N) is 2. The van der Waals surface area contributed by atoms with E-state index in [1.54, 1.807) is 34.7 Å². The molecular weight excluding hydrogens is 404 g/mol. The molecule has 2 N–H and O–H groups in total. The molecule has 2 aromatic heterocycles. The van der Waals surface area contributed by atoms with Crippen LogP contribution in [0.25, 0.3) is 10.6 Å². The second-order valence-corrected chi connectivity index (χ2v) is 8.14. The number of fused-ring (bicyclic) bond motifs is 1. The molecule has 0 spiro atoms. The van der Waals surface area contributed by atoms with Gasteiger partial charge >= 0.3 is 0 Å². The van der Waals surface area contributed by atoms with E-state index in [0.717, 1.165) is 22.0 Å². The molecule has 0 radical (unpaired) electrons. The molecule has 1 aromatic carbocycles. The third-order valence-electron chi connectivity index (χ3n) is 5.31. The monoisotopic (exact) mass is 424 g/mol. The number of H-pyrrole nitrogens is 1. The summed E-state index contributed by atoms with van der Waals surface area (Å²) in [7, 11) is 0. The minimum atomic E-state index is -0.374. The zero-order chi connectivity index (χ0) is 20.5. The van der Waals surface area contributed by atoms with Gasteiger partial charge < -0.3 is 24.7 Å². The predicted molar refractivity (Wildman–Crippen MR) is 112 cm³/mol. The molecule has 0 saturated carbocycles. The molecule has 1 unspecified atom stereocenters. The van der Waals surface area contributed by atoms with Crippen LogP contribution in [0, 0.1) is 5.92 Å². The van der Waals surface area contributed by atoms with Crippen molar-refractivity contribution < 1.29 is 19.1 Å². The van der Waals surface area contributed by atoms with Gasteiger partial charge in [0.1, 0.15) is 5.69 Å². The van der Waals surface area contributed by atoms with Gasteiger partial charge in [-0.05, 0) is 23.6 Å². The first-order valence-electron chi connectivity index (χ1n) is 9.73. The Bertz CT molecular complexity index is 1080. The minimum Gasteiger partial charge on any atom is -0.454 e. The van der Waals surface area contributed by atoms with E-state index < -0.39 is 0 Å². The lowest BCUT2D eigenvalue weighted by Gasteiger charge is -2.17. The van der Waals surface area contributed by atoms with Crippen molar-refractivity contribution in [2.75, 3.05) is 24.8 Å². The summed E-state index contributed by atoms with van der Waals surface area (Å²) in [6.07, 6.45) is 2.52. The fourth-order valence-electron chi connectivity index (χ4n) is 3.78. The second-order valence-electron chi connectivity index (χ2n) is 7.19. The van der Waals surface area contributed by atoms with E-state index in [1.807, 2.05) is 23.6 Å². The maximum atomic E-state index is 12.6. The van der Waals surface area contributed by atoms with E-state index in [2.05, 4.69) is 15.3 Å². The highest BCUT2D eigenvalue weighted by molar-refractivity contribution is 7.13. The Morgan fingerprint density at radius 1 is 1.30 bits per heavy atom. The Kier molecular flexibility index (Phi) is 4.88. The number of hydrogen-bond acceptors (Lipinski definition) is 6. The number of carbonyl (C=O) groups is 2. The number of carbonyl (C=O) groups excluding carboxylic acids is 2. The normalized spacial score (nSPS) is 17.5. The summed E-state index contributed by atoms with van der Waals surface area (Å²) in [6, 6.07) is 9.40. The van der Waals surface area contributed by atoms with Crippen LogP contribution in [-0.2, 0) is 16.0 Å². The molecule has 3 aromatic rings. The first-order valence-corrected chi connectivity index (χ1v) is 10.6. The van der Waals surface area contributed by atoms with Crippen LogP contribution in [0.5, 0.6) is 11.5 Å². The number of hydrogen-bond donors (Lipinski definition) is 2. The molecule has 2 amide bonds. The summed E-state index contributed by atoms with van der Waals surface area (Å²) in [6.45, 7) is 1.02. The smallest absolute Gasteiger partial charge is 0.231 e. The molecule has 1 saturated heterocycles. The van der Waals surface area contributed by atoms with Gasteiger partial charge in [-0.2, -0.15) is 0 Å². The van der Waals surface area contributed by atoms with Crippen molar-refractivity contribution in [3.05, 3.63) is 47.7 Å². The Hall–Kier alpha value is -3.33. The largest absolute Gasteiger partial charge is 0.454 e. The van der Waals surface area contributed by atoms with E-state index >= 15 is 0 Å². The summed E-state index contributed by atoms with van der Waals surface area (Å²) in [4.78, 5) is 35.4. The molecule has 1 fully saturated rings. The lowest BCUT2D eigenvalue weighted by molar-refractivity contribution is -0.126.